The Morgan fingerprint density at radius 1 is 0.857 bits per heavy atom. The number of carbonyl (C=O) groups is 1. The Morgan fingerprint density at radius 3 is 2.07 bits per heavy atom. The number of benzene rings is 4. The van der Waals surface area contributed by atoms with Crippen LogP contribution < -0.4 is 9.47 Å². The number of carbonyl (C=O) groups excluding carboxylic acids is 1. The summed E-state index contributed by atoms with van der Waals surface area (Å²) in [5.74, 6) is 0.980. The number of methoxy groups -OCH3 is 1. The van der Waals surface area contributed by atoms with Crippen LogP contribution in [-0.2, 0) is 39.2 Å². The van der Waals surface area contributed by atoms with Gasteiger partial charge in [0, 0.05) is 5.56 Å². The summed E-state index contributed by atoms with van der Waals surface area (Å²) < 4.78 is 48.3. The first-order valence-corrected chi connectivity index (χ1v) is 15.3. The van der Waals surface area contributed by atoms with E-state index in [2.05, 4.69) is 0 Å². The average molecular weight is 586 g/mol. The molecule has 0 amide bonds. The quantitative estimate of drug-likeness (QED) is 0.202. The number of rotatable bonds is 11. The van der Waals surface area contributed by atoms with Crippen LogP contribution in [0.5, 0.6) is 11.5 Å². The van der Waals surface area contributed by atoms with Crippen molar-refractivity contribution in [3.05, 3.63) is 124 Å². The van der Waals surface area contributed by atoms with Crippen molar-refractivity contribution < 1.29 is 27.4 Å². The van der Waals surface area contributed by atoms with E-state index >= 15 is 0 Å². The highest BCUT2D eigenvalue weighted by molar-refractivity contribution is 7.89. The van der Waals surface area contributed by atoms with Gasteiger partial charge in [-0.05, 0) is 54.7 Å². The summed E-state index contributed by atoms with van der Waals surface area (Å²) >= 11 is 0. The largest absolute Gasteiger partial charge is 0.493 e. The molecule has 42 heavy (non-hydrogen) atoms. The van der Waals surface area contributed by atoms with Crippen LogP contribution in [0, 0.1) is 13.8 Å². The van der Waals surface area contributed by atoms with E-state index in [0.29, 0.717) is 23.3 Å². The second-order valence-corrected chi connectivity index (χ2v) is 12.3. The predicted molar refractivity (Wildman–Crippen MR) is 161 cm³/mol. The third-order valence-electron chi connectivity index (χ3n) is 7.51. The molecule has 0 aliphatic carbocycles. The van der Waals surface area contributed by atoms with Crippen molar-refractivity contribution >= 4 is 16.3 Å². The lowest BCUT2D eigenvalue weighted by Gasteiger charge is -2.41. The van der Waals surface area contributed by atoms with Gasteiger partial charge >= 0.3 is 0 Å². The second-order valence-electron chi connectivity index (χ2n) is 10.5. The number of aldehydes is 1. The molecule has 0 saturated heterocycles. The van der Waals surface area contributed by atoms with Crippen LogP contribution in [-0.4, -0.2) is 38.8 Å². The lowest BCUT2D eigenvalue weighted by Crippen LogP contribution is -2.49. The highest BCUT2D eigenvalue weighted by Gasteiger charge is 2.45. The van der Waals surface area contributed by atoms with E-state index in [9.17, 15) is 13.2 Å². The minimum atomic E-state index is -4.11. The highest BCUT2D eigenvalue weighted by Crippen LogP contribution is 2.47. The summed E-state index contributed by atoms with van der Waals surface area (Å²) in [6, 6.07) is 26.3. The normalized spacial score (nSPS) is 16.9. The lowest BCUT2D eigenvalue weighted by molar-refractivity contribution is -0.112. The minimum Gasteiger partial charge on any atom is -0.493 e. The third kappa shape index (κ3) is 6.11. The Kier molecular flexibility index (Phi) is 9.06. The van der Waals surface area contributed by atoms with Crippen LogP contribution in [0.1, 0.15) is 39.4 Å². The molecular formula is C34H35NO6S. The molecule has 0 saturated carbocycles. The first kappa shape index (κ1) is 29.5. The third-order valence-corrected chi connectivity index (χ3v) is 9.46. The number of nitrogens with zero attached hydrogens (tertiary/aromatic N) is 1. The van der Waals surface area contributed by atoms with Gasteiger partial charge in [-0.15, -0.1) is 0 Å². The molecule has 4 aromatic rings. The van der Waals surface area contributed by atoms with Gasteiger partial charge in [-0.25, -0.2) is 8.42 Å². The molecule has 0 bridgehead atoms. The van der Waals surface area contributed by atoms with Gasteiger partial charge in [0.2, 0.25) is 10.0 Å². The summed E-state index contributed by atoms with van der Waals surface area (Å²) in [7, 11) is -2.54. The highest BCUT2D eigenvalue weighted by atomic mass is 32.2. The average Bonchev–Trinajstić information content (AvgIpc) is 3.00. The maximum Gasteiger partial charge on any atom is 0.244 e. The van der Waals surface area contributed by atoms with Gasteiger partial charge < -0.3 is 19.0 Å². The number of sulfonamides is 1. The van der Waals surface area contributed by atoms with Crippen molar-refractivity contribution in [3.8, 4) is 11.5 Å². The molecule has 0 N–H and O–H groups in total. The summed E-state index contributed by atoms with van der Waals surface area (Å²) in [5.41, 5.74) is 5.16. The molecular weight excluding hydrogens is 550 g/mol. The molecule has 8 heteroatoms. The van der Waals surface area contributed by atoms with E-state index in [1.165, 1.54) is 4.31 Å². The van der Waals surface area contributed by atoms with Gasteiger partial charge in [0.05, 0.1) is 37.3 Å². The van der Waals surface area contributed by atoms with Crippen LogP contribution in [0.3, 0.4) is 0 Å². The van der Waals surface area contributed by atoms with Gasteiger partial charge in [0.1, 0.15) is 12.9 Å². The number of fused-ring (bicyclic) bond motifs is 1. The summed E-state index contributed by atoms with van der Waals surface area (Å²) in [6.07, 6.45) is 0.911. The molecule has 0 radical (unpaired) electrons. The first-order chi connectivity index (χ1) is 20.3. The Labute approximate surface area is 247 Å². The van der Waals surface area contributed by atoms with E-state index in [4.69, 9.17) is 14.2 Å². The monoisotopic (exact) mass is 585 g/mol. The Bertz CT molecular complexity index is 1620. The minimum absolute atomic E-state index is 0.00520. The summed E-state index contributed by atoms with van der Waals surface area (Å²) in [6.45, 7) is 4.35. The van der Waals surface area contributed by atoms with E-state index in [1.54, 1.807) is 31.4 Å². The Hall–Kier alpha value is -3.98. The summed E-state index contributed by atoms with van der Waals surface area (Å²) in [4.78, 5) is 12.7. The maximum absolute atomic E-state index is 14.3. The zero-order valence-corrected chi connectivity index (χ0v) is 24.8. The lowest BCUT2D eigenvalue weighted by atomic mass is 9.88. The molecule has 4 aromatic carbocycles. The van der Waals surface area contributed by atoms with Crippen molar-refractivity contribution in [3.63, 3.8) is 0 Å². The molecule has 1 aliphatic heterocycles. The number of hydrogen-bond donors (Lipinski definition) is 0. The van der Waals surface area contributed by atoms with E-state index in [0.717, 1.165) is 27.8 Å². The molecule has 0 spiro atoms. The molecule has 5 rings (SSSR count). The number of hydrogen-bond acceptors (Lipinski definition) is 6. The predicted octanol–water partition coefficient (Wildman–Crippen LogP) is 5.96. The van der Waals surface area contributed by atoms with Crippen LogP contribution in [0.2, 0.25) is 0 Å². The fourth-order valence-electron chi connectivity index (χ4n) is 5.49. The van der Waals surface area contributed by atoms with Crippen molar-refractivity contribution in [1.29, 1.82) is 0 Å². The molecule has 218 valence electrons. The van der Waals surface area contributed by atoms with Crippen molar-refractivity contribution in [2.24, 2.45) is 0 Å². The van der Waals surface area contributed by atoms with Gasteiger partial charge in [-0.1, -0.05) is 84.4 Å². The SMILES string of the molecule is COc1c(C)cc2c(c1OCc1ccccc1)[C@H](COCc1ccccc1)N(S(=O)(=O)c1ccc(C)cc1)[C@@H](C=O)C2. The van der Waals surface area contributed by atoms with E-state index < -0.39 is 22.1 Å². The Morgan fingerprint density at radius 2 is 1.48 bits per heavy atom. The van der Waals surface area contributed by atoms with Crippen LogP contribution in [0.25, 0.3) is 0 Å². The smallest absolute Gasteiger partial charge is 0.244 e. The standard InChI is InChI=1S/C34H35NO6S/c1-24-14-16-30(17-15-24)42(37,38)35-29(20-36)19-28-18-25(2)33(39-3)34(41-22-27-12-8-5-9-13-27)32(28)31(35)23-40-21-26-10-6-4-7-11-26/h4-18,20,29,31H,19,21-23H2,1-3H3/t29-,31+/m1/s1. The zero-order chi connectivity index (χ0) is 29.7. The van der Waals surface area contributed by atoms with Gasteiger partial charge in [0.25, 0.3) is 0 Å². The van der Waals surface area contributed by atoms with E-state index in [1.807, 2.05) is 80.6 Å². The number of aryl methyl sites for hydroxylation is 2. The second kappa shape index (κ2) is 12.9. The molecule has 0 fully saturated rings. The van der Waals surface area contributed by atoms with Crippen molar-refractivity contribution in [2.75, 3.05) is 13.7 Å². The van der Waals surface area contributed by atoms with Crippen LogP contribution in [0.15, 0.2) is 95.9 Å². The molecule has 7 nitrogen and oxygen atoms in total. The van der Waals surface area contributed by atoms with Gasteiger partial charge in [-0.2, -0.15) is 4.31 Å². The molecule has 0 unspecified atom stereocenters. The molecule has 2 atom stereocenters. The van der Waals surface area contributed by atoms with Gasteiger partial charge in [-0.3, -0.25) is 0 Å². The van der Waals surface area contributed by atoms with Crippen molar-refractivity contribution in [1.82, 2.24) is 4.31 Å². The topological polar surface area (TPSA) is 82.1 Å². The zero-order valence-electron chi connectivity index (χ0n) is 24.0. The fraction of sp³-hybridized carbons (Fsp3) is 0.265. The van der Waals surface area contributed by atoms with Crippen LogP contribution >= 0.6 is 0 Å². The summed E-state index contributed by atoms with van der Waals surface area (Å²) in [5, 5.41) is 0. The molecule has 1 heterocycles. The fourth-order valence-corrected chi connectivity index (χ4v) is 7.20. The maximum atomic E-state index is 14.3. The first-order valence-electron chi connectivity index (χ1n) is 13.9. The molecule has 1 aliphatic rings. The number of ether oxygens (including phenoxy) is 3. The Balaban J connectivity index is 1.63. The van der Waals surface area contributed by atoms with Crippen molar-refractivity contribution in [2.45, 2.75) is 50.5 Å². The van der Waals surface area contributed by atoms with Gasteiger partial charge in [0.15, 0.2) is 11.5 Å². The van der Waals surface area contributed by atoms with E-state index in [-0.39, 0.29) is 31.1 Å². The molecule has 0 aromatic heterocycles. The van der Waals surface area contributed by atoms with Crippen LogP contribution in [0.4, 0.5) is 0 Å².